The topological polar surface area (TPSA) is 18.5 Å². The molecule has 0 atom stereocenters. The third-order valence-electron chi connectivity index (χ3n) is 2.92. The van der Waals surface area contributed by atoms with Gasteiger partial charge >= 0.3 is 0 Å². The molecule has 112 valence electrons. The molecule has 1 aromatic rings. The van der Waals surface area contributed by atoms with Crippen molar-refractivity contribution < 1.29 is 9.47 Å². The Kier molecular flexibility index (Phi) is 7.82. The third-order valence-corrected chi connectivity index (χ3v) is 2.92. The van der Waals surface area contributed by atoms with Crippen molar-refractivity contribution in [2.45, 2.75) is 33.6 Å². The number of rotatable bonds is 8. The van der Waals surface area contributed by atoms with Crippen LogP contribution in [-0.4, -0.2) is 13.2 Å². The fraction of sp³-hybridized carbons (Fsp3) is 0.368. The Morgan fingerprint density at radius 1 is 1.05 bits per heavy atom. The summed E-state index contributed by atoms with van der Waals surface area (Å²) in [6, 6.07) is 7.49. The number of benzene rings is 1. The van der Waals surface area contributed by atoms with Crippen LogP contribution in [0.4, 0.5) is 0 Å². The highest BCUT2D eigenvalue weighted by Gasteiger charge is 1.95. The first-order chi connectivity index (χ1) is 10.1. The van der Waals surface area contributed by atoms with Gasteiger partial charge in [-0.2, -0.15) is 0 Å². The highest BCUT2D eigenvalue weighted by atomic mass is 16.5. The van der Waals surface area contributed by atoms with Crippen molar-refractivity contribution in [3.63, 3.8) is 0 Å². The molecular formula is C19H24O2. The van der Waals surface area contributed by atoms with Gasteiger partial charge in [-0.05, 0) is 64.0 Å². The van der Waals surface area contributed by atoms with Crippen LogP contribution in [0.2, 0.25) is 0 Å². The van der Waals surface area contributed by atoms with E-state index in [1.54, 1.807) is 0 Å². The van der Waals surface area contributed by atoms with Crippen LogP contribution in [0.5, 0.6) is 11.5 Å². The summed E-state index contributed by atoms with van der Waals surface area (Å²) in [6.45, 7) is 7.26. The molecular weight excluding hydrogens is 260 g/mol. The van der Waals surface area contributed by atoms with Gasteiger partial charge in [0, 0.05) is 0 Å². The minimum Gasteiger partial charge on any atom is -0.490 e. The molecule has 0 aromatic heterocycles. The van der Waals surface area contributed by atoms with Crippen molar-refractivity contribution in [1.29, 1.82) is 0 Å². The first kappa shape index (κ1) is 16.9. The van der Waals surface area contributed by atoms with E-state index in [1.807, 2.05) is 24.3 Å². The second-order valence-corrected chi connectivity index (χ2v) is 5.15. The number of hydrogen-bond donors (Lipinski definition) is 0. The van der Waals surface area contributed by atoms with Crippen LogP contribution >= 0.6 is 0 Å². The van der Waals surface area contributed by atoms with Crippen LogP contribution in [0.3, 0.4) is 0 Å². The van der Waals surface area contributed by atoms with E-state index >= 15 is 0 Å². The van der Waals surface area contributed by atoms with E-state index < -0.39 is 0 Å². The van der Waals surface area contributed by atoms with Gasteiger partial charge in [0.2, 0.25) is 0 Å². The van der Waals surface area contributed by atoms with Gasteiger partial charge in [0.15, 0.2) is 0 Å². The summed E-state index contributed by atoms with van der Waals surface area (Å²) in [6.07, 6.45) is 11.7. The molecule has 0 N–H and O–H groups in total. The maximum atomic E-state index is 5.68. The Balaban J connectivity index is 2.34. The fourth-order valence-electron chi connectivity index (χ4n) is 1.73. The van der Waals surface area contributed by atoms with E-state index in [-0.39, 0.29) is 6.61 Å². The zero-order valence-corrected chi connectivity index (χ0v) is 13.2. The third kappa shape index (κ3) is 7.89. The zero-order valence-electron chi connectivity index (χ0n) is 13.2. The fourth-order valence-corrected chi connectivity index (χ4v) is 1.73. The number of terminal acetylenes is 1. The van der Waals surface area contributed by atoms with Crippen LogP contribution in [-0.2, 0) is 0 Å². The molecule has 0 radical (unpaired) electrons. The molecule has 0 unspecified atom stereocenters. The molecule has 0 amide bonds. The minimum absolute atomic E-state index is 0.286. The second kappa shape index (κ2) is 9.72. The highest BCUT2D eigenvalue weighted by molar-refractivity contribution is 5.31. The molecule has 2 heteroatoms. The van der Waals surface area contributed by atoms with Gasteiger partial charge in [-0.25, -0.2) is 0 Å². The monoisotopic (exact) mass is 284 g/mol. The molecule has 0 aliphatic carbocycles. The highest BCUT2D eigenvalue weighted by Crippen LogP contribution is 2.17. The van der Waals surface area contributed by atoms with Crippen molar-refractivity contribution in [1.82, 2.24) is 0 Å². The molecule has 0 saturated carbocycles. The van der Waals surface area contributed by atoms with Crippen molar-refractivity contribution >= 4 is 0 Å². The lowest BCUT2D eigenvalue weighted by molar-refractivity contribution is 0.355. The van der Waals surface area contributed by atoms with Crippen molar-refractivity contribution in [2.24, 2.45) is 0 Å². The van der Waals surface area contributed by atoms with E-state index in [2.05, 4.69) is 38.8 Å². The summed E-state index contributed by atoms with van der Waals surface area (Å²) in [4.78, 5) is 0. The molecule has 0 saturated heterocycles. The van der Waals surface area contributed by atoms with Crippen molar-refractivity contribution in [3.05, 3.63) is 47.6 Å². The van der Waals surface area contributed by atoms with Crippen LogP contribution in [0.15, 0.2) is 47.6 Å². The zero-order chi connectivity index (χ0) is 15.5. The largest absolute Gasteiger partial charge is 0.490 e. The lowest BCUT2D eigenvalue weighted by atomic mass is 10.1. The SMILES string of the molecule is C#CCOc1ccc(OCC=C(C)CCC=C(C)C)cc1. The molecule has 2 nitrogen and oxygen atoms in total. The summed E-state index contributed by atoms with van der Waals surface area (Å²) in [7, 11) is 0. The average molecular weight is 284 g/mol. The standard InChI is InChI=1S/C19H24O2/c1-5-14-20-18-9-11-19(12-10-18)21-15-13-17(4)8-6-7-16(2)3/h1,7,9-13H,6,8,14-15H2,2-4H3. The summed E-state index contributed by atoms with van der Waals surface area (Å²) in [5, 5.41) is 0. The summed E-state index contributed by atoms with van der Waals surface area (Å²) in [5.41, 5.74) is 2.72. The summed E-state index contributed by atoms with van der Waals surface area (Å²) >= 11 is 0. The Hall–Kier alpha value is -2.14. The van der Waals surface area contributed by atoms with Gasteiger partial charge < -0.3 is 9.47 Å². The van der Waals surface area contributed by atoms with E-state index in [9.17, 15) is 0 Å². The molecule has 0 fully saturated rings. The molecule has 1 rings (SSSR count). The van der Waals surface area contributed by atoms with E-state index in [0.29, 0.717) is 6.61 Å². The average Bonchev–Trinajstić information content (AvgIpc) is 2.46. The van der Waals surface area contributed by atoms with Crippen LogP contribution < -0.4 is 9.47 Å². The van der Waals surface area contributed by atoms with Crippen LogP contribution in [0, 0.1) is 12.3 Å². The maximum Gasteiger partial charge on any atom is 0.148 e. The lowest BCUT2D eigenvalue weighted by Crippen LogP contribution is -1.96. The van der Waals surface area contributed by atoms with E-state index in [0.717, 1.165) is 24.3 Å². The summed E-state index contributed by atoms with van der Waals surface area (Å²) in [5.74, 6) is 4.02. The Morgan fingerprint density at radius 3 is 2.24 bits per heavy atom. The molecule has 0 heterocycles. The van der Waals surface area contributed by atoms with Gasteiger partial charge in [0.25, 0.3) is 0 Å². The van der Waals surface area contributed by atoms with Crippen LogP contribution in [0.1, 0.15) is 33.6 Å². The normalized spacial score (nSPS) is 10.7. The number of allylic oxidation sites excluding steroid dienone is 3. The number of ether oxygens (including phenoxy) is 2. The van der Waals surface area contributed by atoms with E-state index in [4.69, 9.17) is 15.9 Å². The summed E-state index contributed by atoms with van der Waals surface area (Å²) < 4.78 is 11.0. The minimum atomic E-state index is 0.286. The second-order valence-electron chi connectivity index (χ2n) is 5.15. The van der Waals surface area contributed by atoms with Crippen molar-refractivity contribution in [2.75, 3.05) is 13.2 Å². The van der Waals surface area contributed by atoms with Crippen LogP contribution in [0.25, 0.3) is 0 Å². The van der Waals surface area contributed by atoms with Gasteiger partial charge in [-0.15, -0.1) is 6.42 Å². The van der Waals surface area contributed by atoms with Gasteiger partial charge in [-0.3, -0.25) is 0 Å². The Labute approximate surface area is 128 Å². The first-order valence-electron chi connectivity index (χ1n) is 7.20. The van der Waals surface area contributed by atoms with Gasteiger partial charge in [-0.1, -0.05) is 23.1 Å². The molecule has 0 spiro atoms. The molecule has 0 bridgehead atoms. The lowest BCUT2D eigenvalue weighted by Gasteiger charge is -2.06. The quantitative estimate of drug-likeness (QED) is 0.505. The van der Waals surface area contributed by atoms with Gasteiger partial charge in [0.05, 0.1) is 0 Å². The molecule has 1 aromatic carbocycles. The van der Waals surface area contributed by atoms with Gasteiger partial charge in [0.1, 0.15) is 24.7 Å². The number of hydrogen-bond acceptors (Lipinski definition) is 2. The molecule has 21 heavy (non-hydrogen) atoms. The van der Waals surface area contributed by atoms with E-state index in [1.165, 1.54) is 11.1 Å². The maximum absolute atomic E-state index is 5.68. The molecule has 0 aliphatic rings. The van der Waals surface area contributed by atoms with Crippen molar-refractivity contribution in [3.8, 4) is 23.8 Å². The first-order valence-corrected chi connectivity index (χ1v) is 7.20. The predicted octanol–water partition coefficient (Wildman–Crippen LogP) is 4.77. The smallest absolute Gasteiger partial charge is 0.148 e. The molecule has 0 aliphatic heterocycles. The Morgan fingerprint density at radius 2 is 1.67 bits per heavy atom. The predicted molar refractivity (Wildman–Crippen MR) is 88.7 cm³/mol. The Bertz CT molecular complexity index is 511.